The normalized spacial score (nSPS) is 10.6. The topological polar surface area (TPSA) is 70.8 Å². The fraction of sp³-hybridized carbons (Fsp3) is 0.533. The maximum absolute atomic E-state index is 11.4. The highest BCUT2D eigenvalue weighted by molar-refractivity contribution is 5.69. The van der Waals surface area contributed by atoms with Crippen LogP contribution in [0.25, 0.3) is 0 Å². The lowest BCUT2D eigenvalue weighted by Gasteiger charge is -2.08. The summed E-state index contributed by atoms with van der Waals surface area (Å²) in [6.45, 7) is 5.80. The number of anilines is 1. The lowest BCUT2D eigenvalue weighted by Crippen LogP contribution is -2.14. The number of ether oxygens (including phenoxy) is 3. The zero-order chi connectivity index (χ0) is 14.8. The SMILES string of the molecule is CC(C)COCCOC(=O)CCOc1cccc(N)c1. The second-order valence-corrected chi connectivity index (χ2v) is 4.86. The number of hydrogen-bond donors (Lipinski definition) is 1. The van der Waals surface area contributed by atoms with E-state index in [9.17, 15) is 4.79 Å². The molecule has 5 nitrogen and oxygen atoms in total. The average Bonchev–Trinajstić information content (AvgIpc) is 2.38. The minimum absolute atomic E-state index is 0.207. The van der Waals surface area contributed by atoms with Crippen molar-refractivity contribution in [3.63, 3.8) is 0 Å². The Morgan fingerprint density at radius 3 is 2.75 bits per heavy atom. The van der Waals surface area contributed by atoms with Crippen molar-refractivity contribution in [2.75, 3.05) is 32.2 Å². The third-order valence-corrected chi connectivity index (χ3v) is 2.37. The molecule has 0 heterocycles. The van der Waals surface area contributed by atoms with Crippen molar-refractivity contribution in [3.05, 3.63) is 24.3 Å². The van der Waals surface area contributed by atoms with Gasteiger partial charge in [0.05, 0.1) is 19.6 Å². The Balaban J connectivity index is 2.05. The van der Waals surface area contributed by atoms with Crippen molar-refractivity contribution < 1.29 is 19.0 Å². The van der Waals surface area contributed by atoms with Gasteiger partial charge in [-0.1, -0.05) is 19.9 Å². The van der Waals surface area contributed by atoms with Crippen molar-refractivity contribution in [2.45, 2.75) is 20.3 Å². The number of carbonyl (C=O) groups is 1. The summed E-state index contributed by atoms with van der Waals surface area (Å²) in [4.78, 5) is 11.4. The van der Waals surface area contributed by atoms with E-state index in [1.165, 1.54) is 0 Å². The van der Waals surface area contributed by atoms with Crippen molar-refractivity contribution in [1.29, 1.82) is 0 Å². The summed E-state index contributed by atoms with van der Waals surface area (Å²) in [5, 5.41) is 0. The zero-order valence-corrected chi connectivity index (χ0v) is 12.1. The molecule has 0 unspecified atom stereocenters. The molecule has 1 aromatic rings. The number of carbonyl (C=O) groups excluding carboxylic acids is 1. The number of nitrogens with two attached hydrogens (primary N) is 1. The molecule has 0 atom stereocenters. The molecule has 112 valence electrons. The summed E-state index contributed by atoms with van der Waals surface area (Å²) in [5.74, 6) is 0.845. The fourth-order valence-corrected chi connectivity index (χ4v) is 1.46. The number of esters is 1. The quantitative estimate of drug-likeness (QED) is 0.427. The molecule has 0 bridgehead atoms. The first-order valence-corrected chi connectivity index (χ1v) is 6.79. The standard InChI is InChI=1S/C15H23NO4/c1-12(2)11-18-8-9-20-15(17)6-7-19-14-5-3-4-13(16)10-14/h3-5,10,12H,6-9,11,16H2,1-2H3. The second kappa shape index (κ2) is 9.20. The third-order valence-electron chi connectivity index (χ3n) is 2.37. The Labute approximate surface area is 120 Å². The lowest BCUT2D eigenvalue weighted by molar-refractivity contribution is -0.145. The fourth-order valence-electron chi connectivity index (χ4n) is 1.46. The van der Waals surface area contributed by atoms with Gasteiger partial charge >= 0.3 is 5.97 Å². The molecule has 0 saturated heterocycles. The molecule has 0 aliphatic carbocycles. The Kier molecular flexibility index (Phi) is 7.50. The number of benzene rings is 1. The van der Waals surface area contributed by atoms with Crippen LogP contribution in [0.5, 0.6) is 5.75 Å². The zero-order valence-electron chi connectivity index (χ0n) is 12.1. The second-order valence-electron chi connectivity index (χ2n) is 4.86. The maximum Gasteiger partial charge on any atom is 0.309 e. The van der Waals surface area contributed by atoms with Gasteiger partial charge in [-0.3, -0.25) is 4.79 Å². The van der Waals surface area contributed by atoms with Gasteiger partial charge in [-0.15, -0.1) is 0 Å². The molecule has 0 saturated carbocycles. The van der Waals surface area contributed by atoms with Gasteiger partial charge in [0.1, 0.15) is 12.4 Å². The molecule has 1 aromatic carbocycles. The predicted molar refractivity (Wildman–Crippen MR) is 77.6 cm³/mol. The van der Waals surface area contributed by atoms with E-state index in [4.69, 9.17) is 19.9 Å². The molecular weight excluding hydrogens is 258 g/mol. The Bertz CT molecular complexity index is 407. The first kappa shape index (κ1) is 16.3. The highest BCUT2D eigenvalue weighted by Gasteiger charge is 2.04. The van der Waals surface area contributed by atoms with E-state index in [-0.39, 0.29) is 25.6 Å². The van der Waals surface area contributed by atoms with E-state index in [0.29, 0.717) is 30.6 Å². The molecule has 1 rings (SSSR count). The monoisotopic (exact) mass is 281 g/mol. The van der Waals surface area contributed by atoms with Crippen molar-refractivity contribution in [3.8, 4) is 5.75 Å². The summed E-state index contributed by atoms with van der Waals surface area (Å²) < 4.78 is 15.7. The third kappa shape index (κ3) is 7.63. The minimum Gasteiger partial charge on any atom is -0.493 e. The van der Waals surface area contributed by atoms with Crippen LogP contribution in [0.1, 0.15) is 20.3 Å². The molecular formula is C15H23NO4. The molecule has 0 aliphatic heterocycles. The summed E-state index contributed by atoms with van der Waals surface area (Å²) in [6.07, 6.45) is 0.207. The number of hydrogen-bond acceptors (Lipinski definition) is 5. The highest BCUT2D eigenvalue weighted by atomic mass is 16.6. The maximum atomic E-state index is 11.4. The van der Waals surface area contributed by atoms with Gasteiger partial charge < -0.3 is 19.9 Å². The Morgan fingerprint density at radius 2 is 2.05 bits per heavy atom. The molecule has 0 aromatic heterocycles. The van der Waals surface area contributed by atoms with E-state index in [2.05, 4.69) is 13.8 Å². The largest absolute Gasteiger partial charge is 0.493 e. The van der Waals surface area contributed by atoms with Gasteiger partial charge in [-0.25, -0.2) is 0 Å². The van der Waals surface area contributed by atoms with Crippen molar-refractivity contribution >= 4 is 11.7 Å². The van der Waals surface area contributed by atoms with Crippen LogP contribution in [-0.2, 0) is 14.3 Å². The first-order chi connectivity index (χ1) is 9.58. The van der Waals surface area contributed by atoms with Gasteiger partial charge in [0.15, 0.2) is 0 Å². The van der Waals surface area contributed by atoms with E-state index in [1.54, 1.807) is 24.3 Å². The summed E-state index contributed by atoms with van der Waals surface area (Å²) in [6, 6.07) is 7.08. The molecule has 0 fully saturated rings. The van der Waals surface area contributed by atoms with Crippen LogP contribution < -0.4 is 10.5 Å². The van der Waals surface area contributed by atoms with Crippen LogP contribution in [0.3, 0.4) is 0 Å². The molecule has 20 heavy (non-hydrogen) atoms. The van der Waals surface area contributed by atoms with Crippen molar-refractivity contribution in [1.82, 2.24) is 0 Å². The Morgan fingerprint density at radius 1 is 1.25 bits per heavy atom. The van der Waals surface area contributed by atoms with Gasteiger partial charge in [0.2, 0.25) is 0 Å². The van der Waals surface area contributed by atoms with Gasteiger partial charge in [-0.05, 0) is 18.1 Å². The van der Waals surface area contributed by atoms with E-state index in [0.717, 1.165) is 0 Å². The highest BCUT2D eigenvalue weighted by Crippen LogP contribution is 2.14. The average molecular weight is 281 g/mol. The van der Waals surface area contributed by atoms with E-state index < -0.39 is 0 Å². The van der Waals surface area contributed by atoms with Crippen LogP contribution in [0.15, 0.2) is 24.3 Å². The van der Waals surface area contributed by atoms with Crippen LogP contribution >= 0.6 is 0 Å². The molecule has 5 heteroatoms. The van der Waals surface area contributed by atoms with Crippen LogP contribution in [0.2, 0.25) is 0 Å². The predicted octanol–water partition coefficient (Wildman–Crippen LogP) is 2.25. The summed E-state index contributed by atoms with van der Waals surface area (Å²) in [5.41, 5.74) is 6.25. The smallest absolute Gasteiger partial charge is 0.309 e. The van der Waals surface area contributed by atoms with Crippen LogP contribution in [0, 0.1) is 5.92 Å². The van der Waals surface area contributed by atoms with Gasteiger partial charge in [-0.2, -0.15) is 0 Å². The number of nitrogen functional groups attached to an aromatic ring is 1. The molecule has 0 aliphatic rings. The minimum atomic E-state index is -0.290. The summed E-state index contributed by atoms with van der Waals surface area (Å²) >= 11 is 0. The molecule has 0 amide bonds. The molecule has 2 N–H and O–H groups in total. The summed E-state index contributed by atoms with van der Waals surface area (Å²) in [7, 11) is 0. The van der Waals surface area contributed by atoms with Gasteiger partial charge in [0, 0.05) is 18.4 Å². The Hall–Kier alpha value is -1.75. The molecule has 0 spiro atoms. The number of rotatable bonds is 9. The lowest BCUT2D eigenvalue weighted by atomic mass is 10.2. The van der Waals surface area contributed by atoms with E-state index in [1.807, 2.05) is 0 Å². The van der Waals surface area contributed by atoms with Crippen LogP contribution in [-0.4, -0.2) is 32.4 Å². The van der Waals surface area contributed by atoms with Crippen molar-refractivity contribution in [2.24, 2.45) is 5.92 Å². The van der Waals surface area contributed by atoms with Gasteiger partial charge in [0.25, 0.3) is 0 Å². The van der Waals surface area contributed by atoms with Crippen LogP contribution in [0.4, 0.5) is 5.69 Å². The molecule has 0 radical (unpaired) electrons. The first-order valence-electron chi connectivity index (χ1n) is 6.79. The van der Waals surface area contributed by atoms with E-state index >= 15 is 0 Å².